The number of rotatable bonds is 5. The molecule has 0 amide bonds. The minimum atomic E-state index is -0.606. The lowest BCUT2D eigenvalue weighted by Crippen LogP contribution is -2.12. The van der Waals surface area contributed by atoms with Gasteiger partial charge in [-0.05, 0) is 25.7 Å². The molecule has 0 saturated heterocycles. The van der Waals surface area contributed by atoms with Crippen LogP contribution >= 0.6 is 0 Å². The van der Waals surface area contributed by atoms with E-state index in [1.54, 1.807) is 0 Å². The smallest absolute Gasteiger partial charge is 0.283 e. The van der Waals surface area contributed by atoms with Crippen molar-refractivity contribution in [3.05, 3.63) is 27.8 Å². The molecule has 2 rings (SSSR count). The van der Waals surface area contributed by atoms with E-state index in [4.69, 9.17) is 9.47 Å². The Kier molecular flexibility index (Phi) is 3.99. The summed E-state index contributed by atoms with van der Waals surface area (Å²) in [6.07, 6.45) is 4.68. The maximum Gasteiger partial charge on any atom is 0.283 e. The highest BCUT2D eigenvalue weighted by molar-refractivity contribution is 5.83. The topological polar surface area (TPSA) is 78.7 Å². The van der Waals surface area contributed by atoms with E-state index < -0.39 is 4.92 Å². The largest absolute Gasteiger partial charge is 0.493 e. The summed E-state index contributed by atoms with van der Waals surface area (Å²) in [5.74, 6) is 0.672. The Hall–Kier alpha value is -2.11. The van der Waals surface area contributed by atoms with Gasteiger partial charge in [-0.15, -0.1) is 0 Å². The van der Waals surface area contributed by atoms with E-state index in [9.17, 15) is 14.9 Å². The summed E-state index contributed by atoms with van der Waals surface area (Å²) in [5, 5.41) is 10.9. The third kappa shape index (κ3) is 2.83. The molecule has 0 heterocycles. The lowest BCUT2D eigenvalue weighted by atomic mass is 10.1. The van der Waals surface area contributed by atoms with Crippen LogP contribution in [0.1, 0.15) is 36.0 Å². The summed E-state index contributed by atoms with van der Waals surface area (Å²) in [6.45, 7) is 0. The van der Waals surface area contributed by atoms with Crippen LogP contribution < -0.4 is 9.47 Å². The van der Waals surface area contributed by atoms with Crippen LogP contribution in [0.25, 0.3) is 0 Å². The third-order valence-corrected chi connectivity index (χ3v) is 3.23. The molecule has 1 saturated carbocycles. The zero-order valence-corrected chi connectivity index (χ0v) is 10.6. The number of nitro groups is 1. The number of hydrogen-bond acceptors (Lipinski definition) is 5. The van der Waals surface area contributed by atoms with Crippen LogP contribution in [-0.4, -0.2) is 24.4 Å². The van der Waals surface area contributed by atoms with Gasteiger partial charge in [0.05, 0.1) is 29.8 Å². The number of nitrogens with zero attached hydrogens (tertiary/aromatic N) is 1. The fourth-order valence-electron chi connectivity index (χ4n) is 2.25. The van der Waals surface area contributed by atoms with Crippen LogP contribution in [0, 0.1) is 10.1 Å². The second-order valence-corrected chi connectivity index (χ2v) is 4.46. The number of aldehydes is 1. The Morgan fingerprint density at radius 1 is 1.32 bits per heavy atom. The summed E-state index contributed by atoms with van der Waals surface area (Å²) in [7, 11) is 1.42. The minimum absolute atomic E-state index is 0.00111. The Morgan fingerprint density at radius 2 is 2.00 bits per heavy atom. The van der Waals surface area contributed by atoms with Crippen molar-refractivity contribution in [2.45, 2.75) is 31.8 Å². The molecule has 0 bridgehead atoms. The molecule has 1 aliphatic carbocycles. The van der Waals surface area contributed by atoms with Gasteiger partial charge in [0.2, 0.25) is 0 Å². The molecule has 19 heavy (non-hydrogen) atoms. The Morgan fingerprint density at radius 3 is 2.53 bits per heavy atom. The van der Waals surface area contributed by atoms with Crippen molar-refractivity contribution in [2.24, 2.45) is 0 Å². The van der Waals surface area contributed by atoms with Crippen molar-refractivity contribution >= 4 is 12.0 Å². The average molecular weight is 265 g/mol. The van der Waals surface area contributed by atoms with Crippen LogP contribution in [0.5, 0.6) is 11.5 Å². The zero-order valence-electron chi connectivity index (χ0n) is 10.6. The highest BCUT2D eigenvalue weighted by Crippen LogP contribution is 2.36. The molecule has 0 spiro atoms. The standard InChI is InChI=1S/C13H15NO5/c1-18-12-7-11(14(16)17)9(8-15)6-13(12)19-10-4-2-3-5-10/h6-8,10H,2-5H2,1H3. The number of nitro benzene ring substituents is 1. The van der Waals surface area contributed by atoms with Gasteiger partial charge in [-0.25, -0.2) is 0 Å². The van der Waals surface area contributed by atoms with Crippen molar-refractivity contribution in [1.82, 2.24) is 0 Å². The highest BCUT2D eigenvalue weighted by Gasteiger charge is 2.23. The van der Waals surface area contributed by atoms with Gasteiger partial charge in [-0.2, -0.15) is 0 Å². The first-order valence-electron chi connectivity index (χ1n) is 6.14. The number of carbonyl (C=O) groups excluding carboxylic acids is 1. The first kappa shape index (κ1) is 13.3. The minimum Gasteiger partial charge on any atom is -0.493 e. The predicted octanol–water partition coefficient (Wildman–Crippen LogP) is 2.74. The van der Waals surface area contributed by atoms with Crippen LogP contribution in [0.4, 0.5) is 5.69 Å². The number of methoxy groups -OCH3 is 1. The molecule has 6 heteroatoms. The van der Waals surface area contributed by atoms with Crippen molar-refractivity contribution < 1.29 is 19.2 Å². The van der Waals surface area contributed by atoms with Gasteiger partial charge < -0.3 is 9.47 Å². The summed E-state index contributed by atoms with van der Waals surface area (Å²) in [4.78, 5) is 21.2. The molecule has 6 nitrogen and oxygen atoms in total. The number of carbonyl (C=O) groups is 1. The summed E-state index contributed by atoms with van der Waals surface area (Å²) < 4.78 is 10.9. The zero-order chi connectivity index (χ0) is 13.8. The lowest BCUT2D eigenvalue weighted by Gasteiger charge is -2.16. The maximum absolute atomic E-state index is 10.9. The molecule has 0 aromatic heterocycles. The quantitative estimate of drug-likeness (QED) is 0.464. The Balaban J connectivity index is 2.35. The van der Waals surface area contributed by atoms with Crippen molar-refractivity contribution in [3.8, 4) is 11.5 Å². The van der Waals surface area contributed by atoms with Crippen LogP contribution in [0.3, 0.4) is 0 Å². The fourth-order valence-corrected chi connectivity index (χ4v) is 2.25. The summed E-state index contributed by atoms with van der Waals surface area (Å²) >= 11 is 0. The van der Waals surface area contributed by atoms with Gasteiger partial charge in [0.25, 0.3) is 5.69 Å². The van der Waals surface area contributed by atoms with E-state index in [1.165, 1.54) is 19.2 Å². The molecule has 1 fully saturated rings. The predicted molar refractivity (Wildman–Crippen MR) is 67.9 cm³/mol. The molecule has 0 atom stereocenters. The summed E-state index contributed by atoms with van der Waals surface area (Å²) in [5.41, 5.74) is -0.274. The molecule has 0 unspecified atom stereocenters. The monoisotopic (exact) mass is 265 g/mol. The second-order valence-electron chi connectivity index (χ2n) is 4.46. The Bertz CT molecular complexity index is 494. The van der Waals surface area contributed by atoms with Gasteiger partial charge in [-0.1, -0.05) is 0 Å². The third-order valence-electron chi connectivity index (χ3n) is 3.23. The van der Waals surface area contributed by atoms with Crippen molar-refractivity contribution in [2.75, 3.05) is 7.11 Å². The normalized spacial score (nSPS) is 15.2. The van der Waals surface area contributed by atoms with Gasteiger partial charge in [0.1, 0.15) is 0 Å². The van der Waals surface area contributed by atoms with E-state index in [-0.39, 0.29) is 23.1 Å². The molecule has 0 aliphatic heterocycles. The first-order chi connectivity index (χ1) is 9.15. The average Bonchev–Trinajstić information content (AvgIpc) is 2.90. The molecule has 1 aliphatic rings. The van der Waals surface area contributed by atoms with E-state index >= 15 is 0 Å². The fraction of sp³-hybridized carbons (Fsp3) is 0.462. The van der Waals surface area contributed by atoms with E-state index in [0.29, 0.717) is 12.0 Å². The van der Waals surface area contributed by atoms with E-state index in [0.717, 1.165) is 25.7 Å². The molecular weight excluding hydrogens is 250 g/mol. The van der Waals surface area contributed by atoms with E-state index in [2.05, 4.69) is 0 Å². The SMILES string of the molecule is COc1cc([N+](=O)[O-])c(C=O)cc1OC1CCCC1. The first-order valence-corrected chi connectivity index (χ1v) is 6.14. The number of hydrogen-bond donors (Lipinski definition) is 0. The van der Waals surface area contributed by atoms with Crippen LogP contribution in [0.2, 0.25) is 0 Å². The van der Waals surface area contributed by atoms with Gasteiger partial charge >= 0.3 is 0 Å². The van der Waals surface area contributed by atoms with E-state index in [1.807, 2.05) is 0 Å². The molecule has 1 aromatic carbocycles. The highest BCUT2D eigenvalue weighted by atomic mass is 16.6. The van der Waals surface area contributed by atoms with Crippen molar-refractivity contribution in [3.63, 3.8) is 0 Å². The van der Waals surface area contributed by atoms with Crippen LogP contribution in [0.15, 0.2) is 12.1 Å². The maximum atomic E-state index is 10.9. The molecule has 102 valence electrons. The molecule has 0 N–H and O–H groups in total. The summed E-state index contributed by atoms with van der Waals surface area (Å²) in [6, 6.07) is 2.61. The van der Waals surface area contributed by atoms with Gasteiger partial charge in [0.15, 0.2) is 17.8 Å². The van der Waals surface area contributed by atoms with Gasteiger partial charge in [-0.3, -0.25) is 14.9 Å². The second kappa shape index (κ2) is 5.69. The molecule has 0 radical (unpaired) electrons. The van der Waals surface area contributed by atoms with Crippen LogP contribution in [-0.2, 0) is 0 Å². The molecule has 1 aromatic rings. The number of ether oxygens (including phenoxy) is 2. The molecular formula is C13H15NO5. The van der Waals surface area contributed by atoms with Gasteiger partial charge in [0, 0.05) is 6.07 Å². The number of benzene rings is 1. The van der Waals surface area contributed by atoms with Crippen molar-refractivity contribution in [1.29, 1.82) is 0 Å². The lowest BCUT2D eigenvalue weighted by molar-refractivity contribution is -0.385. The Labute approximate surface area is 110 Å².